The number of amides is 1. The van der Waals surface area contributed by atoms with Gasteiger partial charge in [-0.3, -0.25) is 4.79 Å². The monoisotopic (exact) mass is 264 g/mol. The van der Waals surface area contributed by atoms with Crippen molar-refractivity contribution < 1.29 is 14.3 Å². The summed E-state index contributed by atoms with van der Waals surface area (Å²) in [5.74, 6) is 0.720. The molecule has 1 aliphatic rings. The second-order valence-corrected chi connectivity index (χ2v) is 4.63. The summed E-state index contributed by atoms with van der Waals surface area (Å²) in [6.07, 6.45) is 1.13. The van der Waals surface area contributed by atoms with E-state index >= 15 is 0 Å². The van der Waals surface area contributed by atoms with Crippen molar-refractivity contribution in [2.24, 2.45) is 0 Å². The van der Waals surface area contributed by atoms with E-state index in [-0.39, 0.29) is 18.1 Å². The highest BCUT2D eigenvalue weighted by atomic mass is 16.5. The van der Waals surface area contributed by atoms with Crippen molar-refractivity contribution in [3.05, 3.63) is 24.3 Å². The Morgan fingerprint density at radius 3 is 2.74 bits per heavy atom. The first kappa shape index (κ1) is 13.8. The zero-order chi connectivity index (χ0) is 13.7. The molecule has 1 aromatic rings. The molecule has 1 heterocycles. The normalized spacial score (nSPS) is 22.2. The summed E-state index contributed by atoms with van der Waals surface area (Å²) in [5, 5.41) is 6.05. The van der Waals surface area contributed by atoms with Crippen LogP contribution in [0.15, 0.2) is 24.3 Å². The lowest BCUT2D eigenvalue weighted by molar-refractivity contribution is -0.115. The third kappa shape index (κ3) is 3.94. The molecule has 1 fully saturated rings. The number of carbonyl (C=O) groups is 1. The molecule has 1 amide bonds. The van der Waals surface area contributed by atoms with E-state index in [1.165, 1.54) is 0 Å². The highest BCUT2D eigenvalue weighted by molar-refractivity contribution is 5.92. The molecule has 1 saturated heterocycles. The second-order valence-electron chi connectivity index (χ2n) is 4.63. The van der Waals surface area contributed by atoms with Crippen molar-refractivity contribution in [2.45, 2.75) is 25.5 Å². The third-order valence-corrected chi connectivity index (χ3v) is 3.27. The fourth-order valence-electron chi connectivity index (χ4n) is 2.10. The molecule has 2 N–H and O–H groups in total. The molecule has 0 spiro atoms. The van der Waals surface area contributed by atoms with Gasteiger partial charge in [-0.1, -0.05) is 0 Å². The molecule has 2 rings (SSSR count). The van der Waals surface area contributed by atoms with Crippen LogP contribution in [0, 0.1) is 0 Å². The van der Waals surface area contributed by atoms with Crippen LogP contribution in [0.2, 0.25) is 0 Å². The summed E-state index contributed by atoms with van der Waals surface area (Å²) in [5.41, 5.74) is 0.767. The minimum atomic E-state index is -0.0516. The maximum absolute atomic E-state index is 11.8. The Bertz CT molecular complexity index is 419. The van der Waals surface area contributed by atoms with Gasteiger partial charge in [-0.2, -0.15) is 0 Å². The Balaban J connectivity index is 1.77. The average Bonchev–Trinajstić information content (AvgIpc) is 2.83. The fourth-order valence-corrected chi connectivity index (χ4v) is 2.10. The van der Waals surface area contributed by atoms with Crippen LogP contribution in [0.1, 0.15) is 13.3 Å². The number of hydrogen-bond acceptors (Lipinski definition) is 4. The molecule has 5 nitrogen and oxygen atoms in total. The van der Waals surface area contributed by atoms with E-state index in [2.05, 4.69) is 10.6 Å². The van der Waals surface area contributed by atoms with Gasteiger partial charge >= 0.3 is 0 Å². The largest absolute Gasteiger partial charge is 0.497 e. The van der Waals surface area contributed by atoms with Gasteiger partial charge in [0.2, 0.25) is 5.91 Å². The van der Waals surface area contributed by atoms with E-state index in [9.17, 15) is 4.79 Å². The molecule has 2 unspecified atom stereocenters. The van der Waals surface area contributed by atoms with E-state index in [1.807, 2.05) is 31.2 Å². The molecule has 0 aromatic heterocycles. The van der Waals surface area contributed by atoms with Gasteiger partial charge in [0.05, 0.1) is 19.8 Å². The number of rotatable bonds is 5. The van der Waals surface area contributed by atoms with Crippen LogP contribution in [-0.4, -0.2) is 38.3 Å². The number of hydrogen-bond donors (Lipinski definition) is 2. The number of nitrogens with one attached hydrogen (secondary N) is 2. The zero-order valence-corrected chi connectivity index (χ0v) is 11.3. The standard InChI is InChI=1S/C14H20N2O3/c1-10-13(7-8-19-10)15-9-14(17)16-11-3-5-12(18-2)6-4-11/h3-6,10,13,15H,7-9H2,1-2H3,(H,16,17). The lowest BCUT2D eigenvalue weighted by Crippen LogP contribution is -2.39. The number of carbonyl (C=O) groups excluding carboxylic acids is 1. The lowest BCUT2D eigenvalue weighted by Gasteiger charge is -2.15. The van der Waals surface area contributed by atoms with Crippen molar-refractivity contribution >= 4 is 11.6 Å². The van der Waals surface area contributed by atoms with Gasteiger partial charge in [0.25, 0.3) is 0 Å². The van der Waals surface area contributed by atoms with Crippen molar-refractivity contribution in [1.82, 2.24) is 5.32 Å². The van der Waals surface area contributed by atoms with Crippen molar-refractivity contribution in [3.63, 3.8) is 0 Å². The minimum Gasteiger partial charge on any atom is -0.497 e. The molecule has 0 radical (unpaired) electrons. The number of methoxy groups -OCH3 is 1. The summed E-state index contributed by atoms with van der Waals surface area (Å²) in [7, 11) is 1.61. The van der Waals surface area contributed by atoms with Crippen molar-refractivity contribution in [2.75, 3.05) is 25.6 Å². The van der Waals surface area contributed by atoms with Crippen LogP contribution in [0.3, 0.4) is 0 Å². The molecule has 19 heavy (non-hydrogen) atoms. The van der Waals surface area contributed by atoms with Gasteiger partial charge in [0.1, 0.15) is 5.75 Å². The number of ether oxygens (including phenoxy) is 2. The molecular formula is C14H20N2O3. The van der Waals surface area contributed by atoms with Gasteiger partial charge in [0.15, 0.2) is 0 Å². The molecule has 0 saturated carbocycles. The van der Waals surface area contributed by atoms with Gasteiger partial charge in [-0.25, -0.2) is 0 Å². The first-order chi connectivity index (χ1) is 9.19. The number of anilines is 1. The van der Waals surface area contributed by atoms with Gasteiger partial charge in [0, 0.05) is 18.3 Å². The van der Waals surface area contributed by atoms with Crippen LogP contribution >= 0.6 is 0 Å². The molecule has 0 bridgehead atoms. The summed E-state index contributed by atoms with van der Waals surface area (Å²) in [6, 6.07) is 7.53. The van der Waals surface area contributed by atoms with Gasteiger partial charge in [-0.15, -0.1) is 0 Å². The molecule has 1 aliphatic heterocycles. The van der Waals surface area contributed by atoms with Crippen LogP contribution < -0.4 is 15.4 Å². The molecule has 2 atom stereocenters. The van der Waals surface area contributed by atoms with Gasteiger partial charge < -0.3 is 20.1 Å². The Hall–Kier alpha value is -1.59. The Morgan fingerprint density at radius 2 is 2.16 bits per heavy atom. The van der Waals surface area contributed by atoms with Gasteiger partial charge in [-0.05, 0) is 37.6 Å². The molecular weight excluding hydrogens is 244 g/mol. The SMILES string of the molecule is COc1ccc(NC(=O)CNC2CCOC2C)cc1. The maximum Gasteiger partial charge on any atom is 0.238 e. The summed E-state index contributed by atoms with van der Waals surface area (Å²) < 4.78 is 10.5. The van der Waals surface area contributed by atoms with E-state index in [4.69, 9.17) is 9.47 Å². The molecule has 104 valence electrons. The predicted octanol–water partition coefficient (Wildman–Crippen LogP) is 1.40. The lowest BCUT2D eigenvalue weighted by atomic mass is 10.1. The third-order valence-electron chi connectivity index (χ3n) is 3.27. The fraction of sp³-hybridized carbons (Fsp3) is 0.500. The van der Waals surface area contributed by atoms with Crippen molar-refractivity contribution in [3.8, 4) is 5.75 Å². The minimum absolute atomic E-state index is 0.0516. The number of benzene rings is 1. The van der Waals surface area contributed by atoms with E-state index in [0.29, 0.717) is 6.54 Å². The topological polar surface area (TPSA) is 59.6 Å². The zero-order valence-electron chi connectivity index (χ0n) is 11.3. The average molecular weight is 264 g/mol. The first-order valence-electron chi connectivity index (χ1n) is 6.48. The van der Waals surface area contributed by atoms with E-state index < -0.39 is 0 Å². The predicted molar refractivity (Wildman–Crippen MR) is 73.4 cm³/mol. The van der Waals surface area contributed by atoms with E-state index in [1.54, 1.807) is 7.11 Å². The summed E-state index contributed by atoms with van der Waals surface area (Å²) in [6.45, 7) is 3.08. The maximum atomic E-state index is 11.8. The summed E-state index contributed by atoms with van der Waals surface area (Å²) in [4.78, 5) is 11.8. The summed E-state index contributed by atoms with van der Waals surface area (Å²) >= 11 is 0. The molecule has 5 heteroatoms. The quantitative estimate of drug-likeness (QED) is 0.844. The van der Waals surface area contributed by atoms with Crippen molar-refractivity contribution in [1.29, 1.82) is 0 Å². The Labute approximate surface area is 113 Å². The van der Waals surface area contributed by atoms with Crippen LogP contribution in [0.25, 0.3) is 0 Å². The molecule has 0 aliphatic carbocycles. The molecule has 1 aromatic carbocycles. The van der Waals surface area contributed by atoms with Crippen LogP contribution in [0.5, 0.6) is 5.75 Å². The Kier molecular flexibility index (Phi) is 4.76. The highest BCUT2D eigenvalue weighted by Crippen LogP contribution is 2.15. The second kappa shape index (κ2) is 6.54. The highest BCUT2D eigenvalue weighted by Gasteiger charge is 2.23. The smallest absolute Gasteiger partial charge is 0.238 e. The van der Waals surface area contributed by atoms with E-state index in [0.717, 1.165) is 24.5 Å². The van der Waals surface area contributed by atoms with Crippen LogP contribution in [0.4, 0.5) is 5.69 Å². The Morgan fingerprint density at radius 1 is 1.42 bits per heavy atom. The first-order valence-corrected chi connectivity index (χ1v) is 6.48. The van der Waals surface area contributed by atoms with Crippen LogP contribution in [-0.2, 0) is 9.53 Å².